The summed E-state index contributed by atoms with van der Waals surface area (Å²) >= 11 is 0. The van der Waals surface area contributed by atoms with Crippen molar-refractivity contribution in [2.75, 3.05) is 33.2 Å². The van der Waals surface area contributed by atoms with Crippen molar-refractivity contribution in [3.8, 4) is 0 Å². The van der Waals surface area contributed by atoms with E-state index in [4.69, 9.17) is 18.9 Å². The van der Waals surface area contributed by atoms with Gasteiger partial charge in [-0.05, 0) is 58.7 Å². The third-order valence-electron chi connectivity index (χ3n) is 9.72. The molecule has 3 aliphatic heterocycles. The molecule has 3 rings (SSSR count). The smallest absolute Gasteiger partial charge is 0.410 e. The van der Waals surface area contributed by atoms with E-state index in [9.17, 15) is 29.7 Å². The molecule has 0 aliphatic carbocycles. The van der Waals surface area contributed by atoms with Gasteiger partial charge in [-0.2, -0.15) is 0 Å². The van der Waals surface area contributed by atoms with Gasteiger partial charge < -0.3 is 44.1 Å². The Morgan fingerprint density at radius 1 is 1.21 bits per heavy atom. The van der Waals surface area contributed by atoms with Crippen LogP contribution >= 0.6 is 0 Å². The van der Waals surface area contributed by atoms with Crippen molar-refractivity contribution in [2.24, 2.45) is 11.8 Å². The predicted octanol–water partition coefficient (Wildman–Crippen LogP) is 3.53. The SMILES string of the molecule is CC[C@H](O)[C@@H](C)[C@H]1O[C@@H]1C[C@@](C)(O)/C=C/C=C(\C)[C@H]1OC(=O)C[C@H](O)CC[C@@](C)(OC(=O)N2CCN(C)CC2)[C@H](OC(C)=O)/C=C/[C@@H]1C. The average molecular weight is 679 g/mol. The van der Waals surface area contributed by atoms with E-state index in [1.165, 1.54) is 6.92 Å². The van der Waals surface area contributed by atoms with Crippen LogP contribution in [0.1, 0.15) is 80.6 Å². The van der Waals surface area contributed by atoms with Crippen LogP contribution < -0.4 is 0 Å². The molecule has 12 heteroatoms. The lowest BCUT2D eigenvalue weighted by atomic mass is 9.88. The van der Waals surface area contributed by atoms with Gasteiger partial charge in [-0.25, -0.2) is 4.79 Å². The van der Waals surface area contributed by atoms with Crippen LogP contribution in [0.5, 0.6) is 0 Å². The molecule has 3 aliphatic rings. The van der Waals surface area contributed by atoms with Gasteiger partial charge in [0.1, 0.15) is 6.10 Å². The zero-order valence-electron chi connectivity index (χ0n) is 30.0. The number of carbonyl (C=O) groups is 3. The maximum Gasteiger partial charge on any atom is 0.410 e. The van der Waals surface area contributed by atoms with Crippen LogP contribution in [0.3, 0.4) is 0 Å². The molecule has 0 aromatic rings. The van der Waals surface area contributed by atoms with Crippen molar-refractivity contribution in [1.29, 1.82) is 0 Å². The number of amides is 1. The first kappa shape index (κ1) is 39.7. The van der Waals surface area contributed by atoms with Crippen LogP contribution in [-0.2, 0) is 28.5 Å². The van der Waals surface area contributed by atoms with Crippen molar-refractivity contribution in [3.05, 3.63) is 36.0 Å². The maximum atomic E-state index is 13.3. The molecule has 1 amide bonds. The normalized spacial score (nSPS) is 34.2. The second-order valence-electron chi connectivity index (χ2n) is 14.4. The molecule has 0 unspecified atom stereocenters. The highest BCUT2D eigenvalue weighted by Gasteiger charge is 2.47. The quantitative estimate of drug-likeness (QED) is 0.102. The number of likely N-dealkylation sites (N-methyl/N-ethyl adjacent to an activating group) is 1. The number of ether oxygens (including phenoxy) is 4. The van der Waals surface area contributed by atoms with Crippen LogP contribution in [0.15, 0.2) is 36.0 Å². The fourth-order valence-electron chi connectivity index (χ4n) is 6.33. The van der Waals surface area contributed by atoms with E-state index in [0.717, 1.165) is 0 Å². The summed E-state index contributed by atoms with van der Waals surface area (Å²) in [5.41, 5.74) is -1.81. The first-order chi connectivity index (χ1) is 22.4. The Morgan fingerprint density at radius 2 is 1.88 bits per heavy atom. The van der Waals surface area contributed by atoms with Crippen LogP contribution in [0.25, 0.3) is 0 Å². The Bertz CT molecular complexity index is 1190. The summed E-state index contributed by atoms with van der Waals surface area (Å²) in [4.78, 5) is 42.2. The third-order valence-corrected chi connectivity index (χ3v) is 9.72. The van der Waals surface area contributed by atoms with Crippen molar-refractivity contribution < 1.29 is 48.7 Å². The van der Waals surface area contributed by atoms with Crippen molar-refractivity contribution in [1.82, 2.24) is 9.80 Å². The molecular weight excluding hydrogens is 620 g/mol. The Hall–Kier alpha value is -2.77. The molecule has 0 spiro atoms. The summed E-state index contributed by atoms with van der Waals surface area (Å²) in [6.07, 6.45) is 5.55. The molecule has 12 nitrogen and oxygen atoms in total. The van der Waals surface area contributed by atoms with E-state index in [1.54, 1.807) is 49.1 Å². The molecule has 0 aromatic heterocycles. The highest BCUT2D eigenvalue weighted by atomic mass is 16.6. The fraction of sp³-hybridized carbons (Fsp3) is 0.750. The van der Waals surface area contributed by atoms with Crippen LogP contribution in [0.4, 0.5) is 4.79 Å². The van der Waals surface area contributed by atoms with Crippen LogP contribution in [0, 0.1) is 11.8 Å². The van der Waals surface area contributed by atoms with Gasteiger partial charge >= 0.3 is 18.0 Å². The van der Waals surface area contributed by atoms with Gasteiger partial charge in [0.15, 0.2) is 11.7 Å². The molecular formula is C36H58N2O10. The second kappa shape index (κ2) is 17.2. The molecule has 3 heterocycles. The van der Waals surface area contributed by atoms with E-state index < -0.39 is 59.6 Å². The number of aliphatic hydroxyl groups excluding tert-OH is 2. The highest BCUT2D eigenvalue weighted by Crippen LogP contribution is 2.38. The van der Waals surface area contributed by atoms with E-state index in [0.29, 0.717) is 44.6 Å². The van der Waals surface area contributed by atoms with Crippen molar-refractivity contribution >= 4 is 18.0 Å². The Labute approximate surface area is 285 Å². The number of piperazine rings is 1. The van der Waals surface area contributed by atoms with Gasteiger partial charge in [-0.3, -0.25) is 9.59 Å². The minimum absolute atomic E-state index is 0.0203. The van der Waals surface area contributed by atoms with Gasteiger partial charge in [0.2, 0.25) is 0 Å². The average Bonchev–Trinajstić information content (AvgIpc) is 3.77. The summed E-state index contributed by atoms with van der Waals surface area (Å²) < 4.78 is 23.4. The standard InChI is InChI=1S/C36H58N2O10/c1-9-28(41)25(4)33-29(46-33)22-35(6,44)15-10-11-23(2)32-24(3)12-13-30(45-26(5)39)36(7,16-14-27(40)21-31(42)47-32)48-34(43)38-19-17-37(8)18-20-38/h10-13,15,24-25,27-30,32-33,40-41,44H,9,14,16-22H2,1-8H3/b13-12+,15-10+,23-11+/t24-,25+,27+,28-,29+,30+,32+,33+,35-,36+/m0/s1. The van der Waals surface area contributed by atoms with Crippen LogP contribution in [0.2, 0.25) is 0 Å². The number of hydrogen-bond donors (Lipinski definition) is 3. The third kappa shape index (κ3) is 11.7. The topological polar surface area (TPSA) is 159 Å². The maximum absolute atomic E-state index is 13.3. The zero-order chi connectivity index (χ0) is 35.8. The molecule has 272 valence electrons. The summed E-state index contributed by atoms with van der Waals surface area (Å²) in [7, 11) is 1.98. The number of aliphatic hydroxyl groups is 3. The molecule has 10 atom stereocenters. The Balaban J connectivity index is 1.80. The number of allylic oxidation sites excluding steroid dienone is 2. The minimum Gasteiger partial charge on any atom is -0.457 e. The number of hydrogen-bond acceptors (Lipinski definition) is 11. The summed E-state index contributed by atoms with van der Waals surface area (Å²) in [6, 6.07) is 0. The molecule has 3 N–H and O–H groups in total. The number of nitrogens with zero attached hydrogens (tertiary/aromatic N) is 2. The van der Waals surface area contributed by atoms with Gasteiger partial charge in [0.25, 0.3) is 0 Å². The lowest BCUT2D eigenvalue weighted by Crippen LogP contribution is -2.52. The monoisotopic (exact) mass is 678 g/mol. The minimum atomic E-state index is -1.32. The molecule has 0 saturated carbocycles. The van der Waals surface area contributed by atoms with E-state index in [2.05, 4.69) is 4.90 Å². The molecule has 0 aromatic carbocycles. The number of rotatable bonds is 10. The number of esters is 2. The van der Waals surface area contributed by atoms with E-state index >= 15 is 0 Å². The second-order valence-corrected chi connectivity index (χ2v) is 14.4. The highest BCUT2D eigenvalue weighted by molar-refractivity contribution is 5.71. The van der Waals surface area contributed by atoms with Crippen LogP contribution in [-0.4, -0.2) is 124 Å². The molecule has 0 bridgehead atoms. The lowest BCUT2D eigenvalue weighted by Gasteiger charge is -2.39. The largest absolute Gasteiger partial charge is 0.457 e. The molecule has 2 fully saturated rings. The van der Waals surface area contributed by atoms with E-state index in [1.807, 2.05) is 34.7 Å². The van der Waals surface area contributed by atoms with Crippen molar-refractivity contribution in [3.63, 3.8) is 0 Å². The van der Waals surface area contributed by atoms with Gasteiger partial charge in [-0.15, -0.1) is 0 Å². The molecule has 2 saturated heterocycles. The number of epoxide rings is 1. The summed E-state index contributed by atoms with van der Waals surface area (Å²) in [6.45, 7) is 14.6. The first-order valence-electron chi connectivity index (χ1n) is 17.3. The zero-order valence-corrected chi connectivity index (χ0v) is 30.0. The predicted molar refractivity (Wildman–Crippen MR) is 180 cm³/mol. The molecule has 0 radical (unpaired) electrons. The lowest BCUT2D eigenvalue weighted by molar-refractivity contribution is -0.158. The Morgan fingerprint density at radius 3 is 2.50 bits per heavy atom. The van der Waals surface area contributed by atoms with Crippen molar-refractivity contribution in [2.45, 2.75) is 128 Å². The number of carbonyl (C=O) groups excluding carboxylic acids is 3. The van der Waals surface area contributed by atoms with Gasteiger partial charge in [0.05, 0.1) is 36.4 Å². The summed E-state index contributed by atoms with van der Waals surface area (Å²) in [5.74, 6) is -1.56. The van der Waals surface area contributed by atoms with E-state index in [-0.39, 0.29) is 37.4 Å². The van der Waals surface area contributed by atoms with Gasteiger partial charge in [-0.1, -0.05) is 45.1 Å². The number of cyclic esters (lactones) is 1. The first-order valence-corrected chi connectivity index (χ1v) is 17.3. The van der Waals surface area contributed by atoms with Gasteiger partial charge in [0, 0.05) is 51.4 Å². The molecule has 48 heavy (non-hydrogen) atoms. The summed E-state index contributed by atoms with van der Waals surface area (Å²) in [5, 5.41) is 32.0. The Kier molecular flexibility index (Phi) is 14.3. The fourth-order valence-corrected chi connectivity index (χ4v) is 6.33.